The molecule has 1 unspecified atom stereocenters. The second-order valence-corrected chi connectivity index (χ2v) is 6.21. The van der Waals surface area contributed by atoms with Crippen molar-refractivity contribution in [2.75, 3.05) is 20.6 Å². The predicted molar refractivity (Wildman–Crippen MR) is 87.1 cm³/mol. The summed E-state index contributed by atoms with van der Waals surface area (Å²) < 4.78 is 15.5. The van der Waals surface area contributed by atoms with E-state index < -0.39 is 0 Å². The number of halogens is 1. The van der Waals surface area contributed by atoms with Crippen molar-refractivity contribution in [3.63, 3.8) is 0 Å². The lowest BCUT2D eigenvalue weighted by Gasteiger charge is -2.18. The minimum absolute atomic E-state index is 0.154. The lowest BCUT2D eigenvalue weighted by Crippen LogP contribution is -2.15. The molecule has 1 aromatic carbocycles. The molecule has 0 spiro atoms. The van der Waals surface area contributed by atoms with Crippen molar-refractivity contribution < 1.29 is 4.39 Å². The van der Waals surface area contributed by atoms with Crippen LogP contribution in [0.1, 0.15) is 30.5 Å². The average molecular weight is 299 g/mol. The highest BCUT2D eigenvalue weighted by atomic mass is 19.1. The number of hydrogen-bond acceptors (Lipinski definition) is 2. The first-order valence-electron chi connectivity index (χ1n) is 7.71. The third kappa shape index (κ3) is 2.83. The molecule has 4 heteroatoms. The standard InChI is InChI=1S/C18H22FN3/c1-13(22-9-4-8-20-22)18-14(7-10-21(2)3)11-15-12-16(19)5-6-17(15)18/h4-6,8-9,12-13H,7,10-11H2,1-3H3. The lowest BCUT2D eigenvalue weighted by atomic mass is 9.98. The molecule has 0 radical (unpaired) electrons. The Hall–Kier alpha value is -1.94. The molecule has 0 N–H and O–H groups in total. The second kappa shape index (κ2) is 6.05. The van der Waals surface area contributed by atoms with Crippen molar-refractivity contribution in [3.05, 3.63) is 59.2 Å². The third-order valence-electron chi connectivity index (χ3n) is 4.34. The van der Waals surface area contributed by atoms with E-state index in [1.807, 2.05) is 23.0 Å². The Balaban J connectivity index is 1.99. The van der Waals surface area contributed by atoms with Crippen molar-refractivity contribution >= 4 is 5.57 Å². The molecule has 3 rings (SSSR count). The van der Waals surface area contributed by atoms with Gasteiger partial charge in [0.1, 0.15) is 5.82 Å². The number of fused-ring (bicyclic) bond motifs is 1. The van der Waals surface area contributed by atoms with Gasteiger partial charge in [-0.3, -0.25) is 4.68 Å². The van der Waals surface area contributed by atoms with E-state index in [9.17, 15) is 4.39 Å². The van der Waals surface area contributed by atoms with Crippen LogP contribution in [0.15, 0.2) is 42.2 Å². The van der Waals surface area contributed by atoms with Gasteiger partial charge >= 0.3 is 0 Å². The molecule has 0 saturated heterocycles. The fourth-order valence-electron chi connectivity index (χ4n) is 3.23. The zero-order valence-corrected chi connectivity index (χ0v) is 13.4. The SMILES string of the molecule is CC(C1=C(CCN(C)C)Cc2cc(F)ccc21)n1cccn1. The van der Waals surface area contributed by atoms with Crippen LogP contribution >= 0.6 is 0 Å². The topological polar surface area (TPSA) is 21.1 Å². The van der Waals surface area contributed by atoms with Crippen LogP contribution in [0.2, 0.25) is 0 Å². The van der Waals surface area contributed by atoms with Gasteiger partial charge in [0.05, 0.1) is 6.04 Å². The van der Waals surface area contributed by atoms with Gasteiger partial charge in [0.25, 0.3) is 0 Å². The van der Waals surface area contributed by atoms with Gasteiger partial charge in [0.15, 0.2) is 0 Å². The molecule has 1 aliphatic carbocycles. The van der Waals surface area contributed by atoms with E-state index in [2.05, 4.69) is 31.0 Å². The fourth-order valence-corrected chi connectivity index (χ4v) is 3.23. The molecular weight excluding hydrogens is 277 g/mol. The van der Waals surface area contributed by atoms with Crippen LogP contribution in [0.4, 0.5) is 4.39 Å². The fraction of sp³-hybridized carbons (Fsp3) is 0.389. The minimum atomic E-state index is -0.154. The molecule has 0 amide bonds. The van der Waals surface area contributed by atoms with Crippen molar-refractivity contribution in [1.29, 1.82) is 0 Å². The highest BCUT2D eigenvalue weighted by molar-refractivity contribution is 5.78. The number of nitrogens with zero attached hydrogens (tertiary/aromatic N) is 3. The zero-order chi connectivity index (χ0) is 15.7. The Morgan fingerprint density at radius 2 is 2.18 bits per heavy atom. The van der Waals surface area contributed by atoms with Crippen LogP contribution in [-0.4, -0.2) is 35.3 Å². The van der Waals surface area contributed by atoms with Crippen LogP contribution in [0, 0.1) is 5.82 Å². The number of aromatic nitrogens is 2. The molecule has 1 heterocycles. The average Bonchev–Trinajstić information content (AvgIpc) is 3.11. The van der Waals surface area contributed by atoms with E-state index in [1.54, 1.807) is 18.3 Å². The molecule has 22 heavy (non-hydrogen) atoms. The Labute approximate surface area is 131 Å². The minimum Gasteiger partial charge on any atom is -0.309 e. The summed E-state index contributed by atoms with van der Waals surface area (Å²) in [6.07, 6.45) is 5.64. The maximum absolute atomic E-state index is 13.6. The Morgan fingerprint density at radius 1 is 1.36 bits per heavy atom. The van der Waals surface area contributed by atoms with Gasteiger partial charge in [-0.15, -0.1) is 0 Å². The Morgan fingerprint density at radius 3 is 2.86 bits per heavy atom. The van der Waals surface area contributed by atoms with Crippen molar-refractivity contribution in [2.45, 2.75) is 25.8 Å². The van der Waals surface area contributed by atoms with Crippen molar-refractivity contribution in [1.82, 2.24) is 14.7 Å². The summed E-state index contributed by atoms with van der Waals surface area (Å²) in [5, 5.41) is 4.38. The quantitative estimate of drug-likeness (QED) is 0.842. The largest absolute Gasteiger partial charge is 0.309 e. The van der Waals surface area contributed by atoms with E-state index in [4.69, 9.17) is 0 Å². The number of allylic oxidation sites excluding steroid dienone is 1. The third-order valence-corrected chi connectivity index (χ3v) is 4.34. The van der Waals surface area contributed by atoms with Gasteiger partial charge in [-0.05, 0) is 68.8 Å². The summed E-state index contributed by atoms with van der Waals surface area (Å²) in [7, 11) is 4.16. The lowest BCUT2D eigenvalue weighted by molar-refractivity contribution is 0.412. The molecule has 1 atom stereocenters. The highest BCUT2D eigenvalue weighted by Crippen LogP contribution is 2.41. The summed E-state index contributed by atoms with van der Waals surface area (Å²) in [4.78, 5) is 2.19. The van der Waals surface area contributed by atoms with E-state index in [0.717, 1.165) is 24.9 Å². The van der Waals surface area contributed by atoms with Gasteiger partial charge in [-0.2, -0.15) is 5.10 Å². The summed E-state index contributed by atoms with van der Waals surface area (Å²) in [5.41, 5.74) is 4.98. The van der Waals surface area contributed by atoms with Gasteiger partial charge in [-0.1, -0.05) is 11.6 Å². The number of benzene rings is 1. The molecule has 0 aliphatic heterocycles. The molecular formula is C18H22FN3. The molecule has 1 aliphatic rings. The first kappa shape index (κ1) is 15.0. The summed E-state index contributed by atoms with van der Waals surface area (Å²) in [6, 6.07) is 7.26. The molecule has 0 fully saturated rings. The van der Waals surface area contributed by atoms with E-state index >= 15 is 0 Å². The van der Waals surface area contributed by atoms with Crippen molar-refractivity contribution in [2.24, 2.45) is 0 Å². The van der Waals surface area contributed by atoms with Crippen LogP contribution < -0.4 is 0 Å². The first-order valence-corrected chi connectivity index (χ1v) is 7.71. The van der Waals surface area contributed by atoms with Crippen molar-refractivity contribution in [3.8, 4) is 0 Å². The van der Waals surface area contributed by atoms with Crippen LogP contribution in [-0.2, 0) is 6.42 Å². The molecule has 3 nitrogen and oxygen atoms in total. The monoisotopic (exact) mass is 299 g/mol. The highest BCUT2D eigenvalue weighted by Gasteiger charge is 2.26. The molecule has 0 bridgehead atoms. The maximum atomic E-state index is 13.6. The van der Waals surface area contributed by atoms with E-state index in [0.29, 0.717) is 0 Å². The van der Waals surface area contributed by atoms with Crippen LogP contribution in [0.25, 0.3) is 5.57 Å². The van der Waals surface area contributed by atoms with E-state index in [-0.39, 0.29) is 11.9 Å². The smallest absolute Gasteiger partial charge is 0.123 e. The van der Waals surface area contributed by atoms with E-state index in [1.165, 1.54) is 16.7 Å². The van der Waals surface area contributed by atoms with Crippen LogP contribution in [0.3, 0.4) is 0 Å². The number of rotatable bonds is 5. The molecule has 116 valence electrons. The second-order valence-electron chi connectivity index (χ2n) is 6.21. The zero-order valence-electron chi connectivity index (χ0n) is 13.4. The first-order chi connectivity index (χ1) is 10.6. The summed E-state index contributed by atoms with van der Waals surface area (Å²) in [5.74, 6) is -0.154. The van der Waals surface area contributed by atoms with Gasteiger partial charge in [0.2, 0.25) is 0 Å². The van der Waals surface area contributed by atoms with Crippen LogP contribution in [0.5, 0.6) is 0 Å². The van der Waals surface area contributed by atoms with Gasteiger partial charge in [-0.25, -0.2) is 4.39 Å². The summed E-state index contributed by atoms with van der Waals surface area (Å²) in [6.45, 7) is 3.16. The number of hydrogen-bond donors (Lipinski definition) is 0. The maximum Gasteiger partial charge on any atom is 0.123 e. The molecule has 1 aromatic heterocycles. The van der Waals surface area contributed by atoms with Gasteiger partial charge < -0.3 is 4.90 Å². The normalized spacial score (nSPS) is 15.5. The Kier molecular flexibility index (Phi) is 4.12. The predicted octanol–water partition coefficient (Wildman–Crippen LogP) is 3.54. The summed E-state index contributed by atoms with van der Waals surface area (Å²) >= 11 is 0. The molecule has 0 saturated carbocycles. The Bertz CT molecular complexity index is 686. The van der Waals surface area contributed by atoms with Gasteiger partial charge in [0, 0.05) is 18.9 Å². The molecule has 2 aromatic rings.